The molecule has 0 aliphatic heterocycles. The lowest BCUT2D eigenvalue weighted by Crippen LogP contribution is -2.34. The minimum atomic E-state index is -0.323. The monoisotopic (exact) mass is 336 g/mol. The number of aliphatic hydroxyl groups excluding tert-OH is 1. The molecule has 0 fully saturated rings. The summed E-state index contributed by atoms with van der Waals surface area (Å²) in [4.78, 5) is 11.9. The molecule has 2 aromatic carbocycles. The van der Waals surface area contributed by atoms with Gasteiger partial charge in [0.2, 0.25) is 0 Å². The van der Waals surface area contributed by atoms with E-state index in [1.165, 1.54) is 12.1 Å². The number of carbonyl (C=O) groups is 1. The topological polar surface area (TPSA) is 61.4 Å². The number of benzene rings is 2. The summed E-state index contributed by atoms with van der Waals surface area (Å²) in [6, 6.07) is 10.9. The van der Waals surface area contributed by atoms with Gasteiger partial charge in [0.05, 0.1) is 6.61 Å². The molecule has 1 atom stereocenters. The summed E-state index contributed by atoms with van der Waals surface area (Å²) < 4.78 is 13.6. The molecule has 0 saturated carbocycles. The standard InChI is InChI=1S/C17H18ClFN2O2/c1-11(10-22)21-17(23)12-2-5-15(6-3-12)20-9-13-8-14(18)4-7-16(13)19/h2-8,11,20,22H,9-10H2,1H3,(H,21,23)/t11-/m0/s1. The fourth-order valence-corrected chi connectivity index (χ4v) is 2.16. The van der Waals surface area contributed by atoms with Crippen molar-refractivity contribution in [2.45, 2.75) is 19.5 Å². The molecular weight excluding hydrogens is 319 g/mol. The highest BCUT2D eigenvalue weighted by molar-refractivity contribution is 6.30. The van der Waals surface area contributed by atoms with Crippen molar-refractivity contribution in [3.8, 4) is 0 Å². The number of nitrogens with one attached hydrogen (secondary N) is 2. The molecule has 0 aliphatic rings. The van der Waals surface area contributed by atoms with Crippen molar-refractivity contribution in [1.29, 1.82) is 0 Å². The number of hydrogen-bond acceptors (Lipinski definition) is 3. The van der Waals surface area contributed by atoms with E-state index in [0.717, 1.165) is 5.69 Å². The number of rotatable bonds is 6. The number of aliphatic hydroxyl groups is 1. The average Bonchev–Trinajstić information content (AvgIpc) is 2.56. The Morgan fingerprint density at radius 2 is 1.96 bits per heavy atom. The van der Waals surface area contributed by atoms with E-state index in [9.17, 15) is 9.18 Å². The lowest BCUT2D eigenvalue weighted by atomic mass is 10.1. The molecule has 23 heavy (non-hydrogen) atoms. The first-order valence-corrected chi connectivity index (χ1v) is 7.57. The molecule has 6 heteroatoms. The molecule has 0 spiro atoms. The Morgan fingerprint density at radius 1 is 1.26 bits per heavy atom. The van der Waals surface area contributed by atoms with Gasteiger partial charge in [-0.1, -0.05) is 11.6 Å². The zero-order valence-electron chi connectivity index (χ0n) is 12.6. The van der Waals surface area contributed by atoms with E-state index in [1.54, 1.807) is 37.3 Å². The Labute approximate surface area is 139 Å². The van der Waals surface area contributed by atoms with Crippen LogP contribution in [0, 0.1) is 5.82 Å². The highest BCUT2D eigenvalue weighted by Crippen LogP contribution is 2.17. The maximum Gasteiger partial charge on any atom is 0.251 e. The van der Waals surface area contributed by atoms with E-state index >= 15 is 0 Å². The van der Waals surface area contributed by atoms with Gasteiger partial charge in [-0.15, -0.1) is 0 Å². The first-order valence-electron chi connectivity index (χ1n) is 7.19. The van der Waals surface area contributed by atoms with E-state index in [4.69, 9.17) is 16.7 Å². The Balaban J connectivity index is 1.97. The van der Waals surface area contributed by atoms with Gasteiger partial charge in [0.25, 0.3) is 5.91 Å². The molecule has 0 bridgehead atoms. The Hall–Kier alpha value is -2.11. The summed E-state index contributed by atoms with van der Waals surface area (Å²) in [7, 11) is 0. The maximum atomic E-state index is 13.6. The van der Waals surface area contributed by atoms with Crippen molar-refractivity contribution < 1.29 is 14.3 Å². The van der Waals surface area contributed by atoms with E-state index < -0.39 is 0 Å². The summed E-state index contributed by atoms with van der Waals surface area (Å²) >= 11 is 5.85. The Bertz CT molecular complexity index is 677. The highest BCUT2D eigenvalue weighted by atomic mass is 35.5. The molecule has 122 valence electrons. The minimum Gasteiger partial charge on any atom is -0.394 e. The number of carbonyl (C=O) groups excluding carboxylic acids is 1. The van der Waals surface area contributed by atoms with Crippen LogP contribution in [0.15, 0.2) is 42.5 Å². The molecular formula is C17H18ClFN2O2. The molecule has 2 rings (SSSR count). The highest BCUT2D eigenvalue weighted by Gasteiger charge is 2.09. The molecule has 0 heterocycles. The third-order valence-corrected chi connectivity index (χ3v) is 3.52. The normalized spacial score (nSPS) is 11.8. The zero-order valence-corrected chi connectivity index (χ0v) is 13.4. The van der Waals surface area contributed by atoms with Gasteiger partial charge >= 0.3 is 0 Å². The van der Waals surface area contributed by atoms with Gasteiger partial charge < -0.3 is 15.7 Å². The molecule has 0 radical (unpaired) electrons. The van der Waals surface area contributed by atoms with Crippen LogP contribution in [-0.4, -0.2) is 23.7 Å². The van der Waals surface area contributed by atoms with Crippen LogP contribution in [0.5, 0.6) is 0 Å². The maximum absolute atomic E-state index is 13.6. The second-order valence-corrected chi connectivity index (χ2v) is 5.66. The van der Waals surface area contributed by atoms with Crippen LogP contribution in [0.2, 0.25) is 5.02 Å². The number of anilines is 1. The fraction of sp³-hybridized carbons (Fsp3) is 0.235. The Morgan fingerprint density at radius 3 is 2.61 bits per heavy atom. The molecule has 3 N–H and O–H groups in total. The smallest absolute Gasteiger partial charge is 0.251 e. The average molecular weight is 337 g/mol. The molecule has 0 unspecified atom stereocenters. The first kappa shape index (κ1) is 17.2. The van der Waals surface area contributed by atoms with Gasteiger partial charge in [-0.25, -0.2) is 4.39 Å². The van der Waals surface area contributed by atoms with Gasteiger partial charge in [0.1, 0.15) is 5.82 Å². The predicted molar refractivity (Wildman–Crippen MR) is 89.2 cm³/mol. The van der Waals surface area contributed by atoms with Gasteiger partial charge in [-0.05, 0) is 49.4 Å². The molecule has 2 aromatic rings. The van der Waals surface area contributed by atoms with E-state index in [-0.39, 0.29) is 24.4 Å². The second-order valence-electron chi connectivity index (χ2n) is 5.22. The van der Waals surface area contributed by atoms with Gasteiger partial charge in [-0.3, -0.25) is 4.79 Å². The summed E-state index contributed by atoms with van der Waals surface area (Å²) in [5, 5.41) is 15.1. The fourth-order valence-electron chi connectivity index (χ4n) is 1.97. The summed E-state index contributed by atoms with van der Waals surface area (Å²) in [6.45, 7) is 1.89. The third kappa shape index (κ3) is 4.94. The number of amides is 1. The van der Waals surface area contributed by atoms with Gasteiger partial charge in [0, 0.05) is 34.4 Å². The lowest BCUT2D eigenvalue weighted by Gasteiger charge is -2.12. The van der Waals surface area contributed by atoms with Crippen LogP contribution in [-0.2, 0) is 6.54 Å². The second kappa shape index (κ2) is 7.94. The quantitative estimate of drug-likeness (QED) is 0.759. The molecule has 0 aromatic heterocycles. The predicted octanol–water partition coefficient (Wildman–Crippen LogP) is 3.20. The van der Waals surface area contributed by atoms with Gasteiger partial charge in [-0.2, -0.15) is 0 Å². The van der Waals surface area contributed by atoms with E-state index in [1.807, 2.05) is 0 Å². The molecule has 0 saturated heterocycles. The first-order chi connectivity index (χ1) is 11.0. The van der Waals surface area contributed by atoms with Crippen LogP contribution >= 0.6 is 11.6 Å². The lowest BCUT2D eigenvalue weighted by molar-refractivity contribution is 0.0922. The van der Waals surface area contributed by atoms with Crippen LogP contribution in [0.4, 0.5) is 10.1 Å². The largest absolute Gasteiger partial charge is 0.394 e. The Kier molecular flexibility index (Phi) is 5.96. The summed E-state index contributed by atoms with van der Waals surface area (Å²) in [5.74, 6) is -0.574. The number of hydrogen-bond donors (Lipinski definition) is 3. The summed E-state index contributed by atoms with van der Waals surface area (Å²) in [6.07, 6.45) is 0. The van der Waals surface area contributed by atoms with Crippen LogP contribution < -0.4 is 10.6 Å². The summed E-state index contributed by atoms with van der Waals surface area (Å²) in [5.41, 5.74) is 1.72. The van der Waals surface area contributed by atoms with E-state index in [2.05, 4.69) is 10.6 Å². The molecule has 1 amide bonds. The SMILES string of the molecule is C[C@@H](CO)NC(=O)c1ccc(NCc2cc(Cl)ccc2F)cc1. The van der Waals surface area contributed by atoms with Crippen molar-refractivity contribution >= 4 is 23.2 Å². The van der Waals surface area contributed by atoms with Crippen LogP contribution in [0.25, 0.3) is 0 Å². The van der Waals surface area contributed by atoms with Crippen molar-refractivity contribution in [3.63, 3.8) is 0 Å². The van der Waals surface area contributed by atoms with Crippen molar-refractivity contribution in [3.05, 3.63) is 64.4 Å². The van der Waals surface area contributed by atoms with Crippen molar-refractivity contribution in [1.82, 2.24) is 5.32 Å². The third-order valence-electron chi connectivity index (χ3n) is 3.29. The van der Waals surface area contributed by atoms with Crippen LogP contribution in [0.3, 0.4) is 0 Å². The van der Waals surface area contributed by atoms with Crippen molar-refractivity contribution in [2.75, 3.05) is 11.9 Å². The van der Waals surface area contributed by atoms with Gasteiger partial charge in [0.15, 0.2) is 0 Å². The molecule has 0 aliphatic carbocycles. The van der Waals surface area contributed by atoms with E-state index in [0.29, 0.717) is 22.7 Å². The van der Waals surface area contributed by atoms with Crippen LogP contribution in [0.1, 0.15) is 22.8 Å². The van der Waals surface area contributed by atoms with Crippen molar-refractivity contribution in [2.24, 2.45) is 0 Å². The molecule has 4 nitrogen and oxygen atoms in total. The zero-order chi connectivity index (χ0) is 16.8. The number of halogens is 2. The minimum absolute atomic E-state index is 0.115.